The first-order valence-electron chi connectivity index (χ1n) is 7.66. The fourth-order valence-corrected chi connectivity index (χ4v) is 2.32. The quantitative estimate of drug-likeness (QED) is 0.844. The number of benzene rings is 2. The highest BCUT2D eigenvalue weighted by molar-refractivity contribution is 5.95. The maximum Gasteiger partial charge on any atom is 0.311 e. The fraction of sp³-hybridized carbons (Fsp3) is 0.222. The number of esters is 1. The molecule has 0 fully saturated rings. The van der Waals surface area contributed by atoms with Gasteiger partial charge in [-0.05, 0) is 36.8 Å². The van der Waals surface area contributed by atoms with E-state index in [2.05, 4.69) is 5.32 Å². The number of hydrogen-bond donors (Lipinski definition) is 1. The van der Waals surface area contributed by atoms with Crippen molar-refractivity contribution in [1.82, 2.24) is 0 Å². The molecule has 0 saturated carbocycles. The standard InChI is InChI=1S/C18H16FNO5/c1-11(25-17(21)8-12-3-2-4-13(19)7-12)18(22)20-14-5-6-15-16(9-14)24-10-23-15/h2-7,9,11H,8,10H2,1H3,(H,20,22)/t11-/m1/s1. The molecular formula is C18H16FNO5. The van der Waals surface area contributed by atoms with Crippen LogP contribution in [0.3, 0.4) is 0 Å². The van der Waals surface area contributed by atoms with Crippen molar-refractivity contribution in [3.05, 3.63) is 53.8 Å². The fourth-order valence-electron chi connectivity index (χ4n) is 2.32. The van der Waals surface area contributed by atoms with Crippen LogP contribution in [0.5, 0.6) is 11.5 Å². The first-order chi connectivity index (χ1) is 12.0. The molecule has 7 heteroatoms. The molecule has 1 heterocycles. The minimum absolute atomic E-state index is 0.112. The highest BCUT2D eigenvalue weighted by Gasteiger charge is 2.20. The summed E-state index contributed by atoms with van der Waals surface area (Å²) in [7, 11) is 0. The Kier molecular flexibility index (Phi) is 4.83. The number of anilines is 1. The Morgan fingerprint density at radius 3 is 2.80 bits per heavy atom. The van der Waals surface area contributed by atoms with Gasteiger partial charge in [0.25, 0.3) is 5.91 Å². The van der Waals surface area contributed by atoms with Gasteiger partial charge in [-0.1, -0.05) is 12.1 Å². The van der Waals surface area contributed by atoms with E-state index in [0.717, 1.165) is 0 Å². The molecule has 1 N–H and O–H groups in total. The summed E-state index contributed by atoms with van der Waals surface area (Å²) in [5, 5.41) is 2.64. The molecular weight excluding hydrogens is 329 g/mol. The van der Waals surface area contributed by atoms with Crippen LogP contribution in [0.4, 0.5) is 10.1 Å². The van der Waals surface area contributed by atoms with Gasteiger partial charge in [0.2, 0.25) is 6.79 Å². The van der Waals surface area contributed by atoms with E-state index in [1.165, 1.54) is 25.1 Å². The van der Waals surface area contributed by atoms with Crippen molar-refractivity contribution in [3.63, 3.8) is 0 Å². The number of fused-ring (bicyclic) bond motifs is 1. The summed E-state index contributed by atoms with van der Waals surface area (Å²) >= 11 is 0. The van der Waals surface area contributed by atoms with E-state index in [1.807, 2.05) is 0 Å². The third kappa shape index (κ3) is 4.26. The summed E-state index contributed by atoms with van der Waals surface area (Å²) < 4.78 is 28.6. The third-order valence-electron chi connectivity index (χ3n) is 3.56. The van der Waals surface area contributed by atoms with Gasteiger partial charge in [0.1, 0.15) is 5.82 Å². The molecule has 0 unspecified atom stereocenters. The van der Waals surface area contributed by atoms with Gasteiger partial charge >= 0.3 is 5.97 Å². The number of hydrogen-bond acceptors (Lipinski definition) is 5. The molecule has 1 aliphatic heterocycles. The van der Waals surface area contributed by atoms with Gasteiger partial charge in [-0.25, -0.2) is 4.39 Å². The molecule has 0 aliphatic carbocycles. The number of halogens is 1. The van der Waals surface area contributed by atoms with E-state index in [0.29, 0.717) is 22.7 Å². The zero-order chi connectivity index (χ0) is 17.8. The Morgan fingerprint density at radius 2 is 2.00 bits per heavy atom. The van der Waals surface area contributed by atoms with E-state index < -0.39 is 23.8 Å². The molecule has 25 heavy (non-hydrogen) atoms. The van der Waals surface area contributed by atoms with Crippen molar-refractivity contribution < 1.29 is 28.2 Å². The molecule has 0 bridgehead atoms. The van der Waals surface area contributed by atoms with Crippen molar-refractivity contribution in [2.24, 2.45) is 0 Å². The summed E-state index contributed by atoms with van der Waals surface area (Å²) in [6, 6.07) is 10.6. The van der Waals surface area contributed by atoms with E-state index in [9.17, 15) is 14.0 Å². The summed E-state index contributed by atoms with van der Waals surface area (Å²) in [6.45, 7) is 1.60. The summed E-state index contributed by atoms with van der Waals surface area (Å²) in [5.41, 5.74) is 0.982. The predicted molar refractivity (Wildman–Crippen MR) is 86.9 cm³/mol. The number of amides is 1. The smallest absolute Gasteiger partial charge is 0.311 e. The Hall–Kier alpha value is -3.09. The molecule has 6 nitrogen and oxygen atoms in total. The van der Waals surface area contributed by atoms with Crippen LogP contribution in [0.2, 0.25) is 0 Å². The molecule has 1 amide bonds. The van der Waals surface area contributed by atoms with Gasteiger partial charge in [0, 0.05) is 11.8 Å². The Morgan fingerprint density at radius 1 is 1.20 bits per heavy atom. The second-order valence-electron chi connectivity index (χ2n) is 5.50. The zero-order valence-corrected chi connectivity index (χ0v) is 13.5. The first kappa shape index (κ1) is 16.8. The summed E-state index contributed by atoms with van der Waals surface area (Å²) in [6.07, 6.45) is -1.11. The van der Waals surface area contributed by atoms with E-state index >= 15 is 0 Å². The molecule has 0 aromatic heterocycles. The number of carbonyl (C=O) groups excluding carboxylic acids is 2. The number of nitrogens with one attached hydrogen (secondary N) is 1. The van der Waals surface area contributed by atoms with Crippen LogP contribution < -0.4 is 14.8 Å². The second kappa shape index (κ2) is 7.21. The second-order valence-corrected chi connectivity index (χ2v) is 5.50. The maximum atomic E-state index is 13.1. The Labute approximate surface area is 143 Å². The molecule has 1 atom stereocenters. The predicted octanol–water partition coefficient (Wildman–Crippen LogP) is 2.67. The van der Waals surface area contributed by atoms with Crippen LogP contribution in [0, 0.1) is 5.82 Å². The highest BCUT2D eigenvalue weighted by atomic mass is 19.1. The van der Waals surface area contributed by atoms with Gasteiger partial charge in [0.15, 0.2) is 17.6 Å². The van der Waals surface area contributed by atoms with Gasteiger partial charge in [-0.3, -0.25) is 9.59 Å². The Bertz CT molecular complexity index is 808. The monoisotopic (exact) mass is 345 g/mol. The van der Waals surface area contributed by atoms with Crippen LogP contribution in [0.15, 0.2) is 42.5 Å². The van der Waals surface area contributed by atoms with Crippen LogP contribution in [0.1, 0.15) is 12.5 Å². The molecule has 1 aliphatic rings. The normalized spacial score (nSPS) is 13.2. The molecule has 2 aromatic carbocycles. The number of ether oxygens (including phenoxy) is 3. The highest BCUT2D eigenvalue weighted by Crippen LogP contribution is 2.34. The van der Waals surface area contributed by atoms with Crippen LogP contribution in [-0.4, -0.2) is 24.8 Å². The van der Waals surface area contributed by atoms with Crippen molar-refractivity contribution in [2.75, 3.05) is 12.1 Å². The van der Waals surface area contributed by atoms with E-state index in [-0.39, 0.29) is 13.2 Å². The van der Waals surface area contributed by atoms with E-state index in [1.54, 1.807) is 24.3 Å². The van der Waals surface area contributed by atoms with Crippen molar-refractivity contribution in [1.29, 1.82) is 0 Å². The minimum Gasteiger partial charge on any atom is -0.454 e. The molecule has 0 saturated heterocycles. The number of carbonyl (C=O) groups is 2. The molecule has 0 radical (unpaired) electrons. The maximum absolute atomic E-state index is 13.1. The first-order valence-corrected chi connectivity index (χ1v) is 7.66. The van der Waals surface area contributed by atoms with Crippen LogP contribution in [-0.2, 0) is 20.7 Å². The molecule has 130 valence electrons. The largest absolute Gasteiger partial charge is 0.454 e. The van der Waals surface area contributed by atoms with Crippen molar-refractivity contribution >= 4 is 17.6 Å². The van der Waals surface area contributed by atoms with Gasteiger partial charge in [-0.2, -0.15) is 0 Å². The number of rotatable bonds is 5. The van der Waals surface area contributed by atoms with E-state index in [4.69, 9.17) is 14.2 Å². The van der Waals surface area contributed by atoms with Gasteiger partial charge in [0.05, 0.1) is 6.42 Å². The zero-order valence-electron chi connectivity index (χ0n) is 13.5. The van der Waals surface area contributed by atoms with Gasteiger partial charge in [-0.15, -0.1) is 0 Å². The molecule has 2 aromatic rings. The SMILES string of the molecule is C[C@@H](OC(=O)Cc1cccc(F)c1)C(=O)Nc1ccc2c(c1)OCO2. The summed E-state index contributed by atoms with van der Waals surface area (Å²) in [4.78, 5) is 24.0. The molecule has 0 spiro atoms. The van der Waals surface area contributed by atoms with Crippen LogP contribution >= 0.6 is 0 Å². The lowest BCUT2D eigenvalue weighted by Crippen LogP contribution is -2.30. The lowest BCUT2D eigenvalue weighted by molar-refractivity contribution is -0.152. The van der Waals surface area contributed by atoms with Crippen LogP contribution in [0.25, 0.3) is 0 Å². The Balaban J connectivity index is 1.54. The average Bonchev–Trinajstić information content (AvgIpc) is 3.02. The molecule has 3 rings (SSSR count). The lowest BCUT2D eigenvalue weighted by Gasteiger charge is -2.14. The topological polar surface area (TPSA) is 73.9 Å². The third-order valence-corrected chi connectivity index (χ3v) is 3.56. The average molecular weight is 345 g/mol. The summed E-state index contributed by atoms with van der Waals surface area (Å²) in [5.74, 6) is -0.384. The minimum atomic E-state index is -0.994. The van der Waals surface area contributed by atoms with Gasteiger partial charge < -0.3 is 19.5 Å². The van der Waals surface area contributed by atoms with Crippen molar-refractivity contribution in [3.8, 4) is 11.5 Å². The van der Waals surface area contributed by atoms with Crippen molar-refractivity contribution in [2.45, 2.75) is 19.4 Å². The lowest BCUT2D eigenvalue weighted by atomic mass is 10.1.